The van der Waals surface area contributed by atoms with Gasteiger partial charge in [-0.05, 0) is 18.2 Å². The first kappa shape index (κ1) is 6.86. The minimum atomic E-state index is -0.448. The van der Waals surface area contributed by atoms with Gasteiger partial charge in [0.1, 0.15) is 11.9 Å². The van der Waals surface area contributed by atoms with E-state index < -0.39 is 5.82 Å². The maximum Gasteiger partial charge on any atom is 0.150 e. The quantitative estimate of drug-likeness (QED) is 0.630. The fourth-order valence-corrected chi connectivity index (χ4v) is 1.18. The predicted octanol–water partition coefficient (Wildman–Crippen LogP) is 2.18. The van der Waals surface area contributed by atoms with Crippen molar-refractivity contribution in [1.29, 1.82) is 5.26 Å². The Morgan fingerprint density at radius 3 is 2.92 bits per heavy atom. The van der Waals surface area contributed by atoms with Crippen LogP contribution >= 0.6 is 0 Å². The Morgan fingerprint density at radius 1 is 1.33 bits per heavy atom. The van der Waals surface area contributed by atoms with Crippen LogP contribution in [-0.2, 0) is 0 Å². The molecule has 0 atom stereocenters. The maximum absolute atomic E-state index is 13.3. The van der Waals surface area contributed by atoms with Gasteiger partial charge in [-0.3, -0.25) is 0 Å². The highest BCUT2D eigenvalue weighted by Gasteiger charge is 2.05. The average molecular weight is 160 g/mol. The van der Waals surface area contributed by atoms with Gasteiger partial charge in [-0.1, -0.05) is 0 Å². The molecule has 0 aliphatic carbocycles. The number of aromatic nitrogens is 1. The first-order valence-corrected chi connectivity index (χ1v) is 3.48. The van der Waals surface area contributed by atoms with E-state index >= 15 is 0 Å². The highest BCUT2D eigenvalue weighted by atomic mass is 19.1. The van der Waals surface area contributed by atoms with Crippen LogP contribution in [0.4, 0.5) is 4.39 Å². The summed E-state index contributed by atoms with van der Waals surface area (Å²) in [6.07, 6.45) is 1.65. The van der Waals surface area contributed by atoms with Crippen LogP contribution in [-0.4, -0.2) is 4.98 Å². The van der Waals surface area contributed by atoms with E-state index in [1.165, 1.54) is 6.07 Å². The second kappa shape index (κ2) is 2.35. The van der Waals surface area contributed by atoms with E-state index in [2.05, 4.69) is 4.98 Å². The Labute approximate surface area is 68.2 Å². The minimum Gasteiger partial charge on any atom is -0.361 e. The number of nitriles is 1. The highest BCUT2D eigenvalue weighted by molar-refractivity contribution is 5.81. The number of H-pyrrole nitrogens is 1. The summed E-state index contributed by atoms with van der Waals surface area (Å²) in [7, 11) is 0. The molecular weight excluding hydrogens is 155 g/mol. The van der Waals surface area contributed by atoms with Crippen LogP contribution in [0.2, 0.25) is 0 Å². The third kappa shape index (κ3) is 0.785. The third-order valence-electron chi connectivity index (χ3n) is 1.79. The van der Waals surface area contributed by atoms with Crippen molar-refractivity contribution in [2.45, 2.75) is 0 Å². The number of halogens is 1. The molecule has 2 aromatic rings. The molecule has 0 aliphatic rings. The van der Waals surface area contributed by atoms with Crippen molar-refractivity contribution in [3.05, 3.63) is 35.8 Å². The molecule has 58 valence electrons. The van der Waals surface area contributed by atoms with E-state index in [4.69, 9.17) is 5.26 Å². The van der Waals surface area contributed by atoms with Crippen LogP contribution in [0.1, 0.15) is 5.56 Å². The number of benzene rings is 1. The van der Waals surface area contributed by atoms with E-state index in [1.54, 1.807) is 24.4 Å². The van der Waals surface area contributed by atoms with Crippen LogP contribution in [0.25, 0.3) is 10.9 Å². The minimum absolute atomic E-state index is 0.0853. The van der Waals surface area contributed by atoms with Crippen molar-refractivity contribution in [1.82, 2.24) is 4.98 Å². The first-order chi connectivity index (χ1) is 5.83. The molecule has 1 N–H and O–H groups in total. The van der Waals surface area contributed by atoms with Crippen molar-refractivity contribution in [3.63, 3.8) is 0 Å². The Morgan fingerprint density at radius 2 is 2.17 bits per heavy atom. The van der Waals surface area contributed by atoms with E-state index in [1.807, 2.05) is 0 Å². The van der Waals surface area contributed by atoms with Gasteiger partial charge in [0.05, 0.1) is 5.56 Å². The van der Waals surface area contributed by atoms with Gasteiger partial charge in [-0.25, -0.2) is 4.39 Å². The summed E-state index contributed by atoms with van der Waals surface area (Å²) in [6.45, 7) is 0. The van der Waals surface area contributed by atoms with Gasteiger partial charge in [-0.15, -0.1) is 0 Å². The van der Waals surface area contributed by atoms with Gasteiger partial charge in [0.2, 0.25) is 0 Å². The molecule has 0 fully saturated rings. The lowest BCUT2D eigenvalue weighted by Crippen LogP contribution is -1.82. The van der Waals surface area contributed by atoms with Gasteiger partial charge >= 0.3 is 0 Å². The SMILES string of the molecule is N#Cc1ccc2[nH]ccc2c1F. The molecule has 3 heteroatoms. The van der Waals surface area contributed by atoms with Crippen molar-refractivity contribution < 1.29 is 4.39 Å². The zero-order valence-electron chi connectivity index (χ0n) is 6.13. The molecule has 0 saturated heterocycles. The maximum atomic E-state index is 13.3. The molecule has 0 spiro atoms. The molecular formula is C9H5FN2. The Balaban J connectivity index is 2.89. The number of rotatable bonds is 0. The molecule has 0 bridgehead atoms. The number of aromatic amines is 1. The average Bonchev–Trinajstić information content (AvgIpc) is 2.53. The summed E-state index contributed by atoms with van der Waals surface area (Å²) in [5, 5.41) is 8.98. The van der Waals surface area contributed by atoms with Crippen LogP contribution < -0.4 is 0 Å². The standard InChI is InChI=1S/C9H5FN2/c10-9-6(5-11)1-2-8-7(9)3-4-12-8/h1-4,12H. The number of nitrogens with one attached hydrogen (secondary N) is 1. The molecule has 2 nitrogen and oxygen atoms in total. The zero-order valence-corrected chi connectivity index (χ0v) is 6.13. The van der Waals surface area contributed by atoms with E-state index in [0.29, 0.717) is 10.9 Å². The summed E-state index contributed by atoms with van der Waals surface area (Å²) in [5.41, 5.74) is 0.800. The molecule has 1 aromatic carbocycles. The summed E-state index contributed by atoms with van der Waals surface area (Å²) in [5.74, 6) is -0.448. The van der Waals surface area contributed by atoms with Gasteiger partial charge in [0, 0.05) is 17.1 Å². The van der Waals surface area contributed by atoms with Crippen LogP contribution in [0.15, 0.2) is 24.4 Å². The predicted molar refractivity (Wildman–Crippen MR) is 43.0 cm³/mol. The van der Waals surface area contributed by atoms with Gasteiger partial charge in [0.25, 0.3) is 0 Å². The Bertz CT molecular complexity index is 465. The second-order valence-electron chi connectivity index (χ2n) is 2.48. The van der Waals surface area contributed by atoms with Crippen LogP contribution in [0, 0.1) is 17.1 Å². The van der Waals surface area contributed by atoms with Crippen LogP contribution in [0.3, 0.4) is 0 Å². The topological polar surface area (TPSA) is 39.6 Å². The lowest BCUT2D eigenvalue weighted by atomic mass is 10.1. The number of nitrogens with zero attached hydrogens (tertiary/aromatic N) is 1. The fraction of sp³-hybridized carbons (Fsp3) is 0. The smallest absolute Gasteiger partial charge is 0.150 e. The number of hydrogen-bond donors (Lipinski definition) is 1. The highest BCUT2D eigenvalue weighted by Crippen LogP contribution is 2.18. The second-order valence-corrected chi connectivity index (χ2v) is 2.48. The van der Waals surface area contributed by atoms with Gasteiger partial charge in [0.15, 0.2) is 0 Å². The molecule has 1 aromatic heterocycles. The van der Waals surface area contributed by atoms with Crippen molar-refractivity contribution in [2.75, 3.05) is 0 Å². The molecule has 12 heavy (non-hydrogen) atoms. The van der Waals surface area contributed by atoms with Crippen molar-refractivity contribution in [3.8, 4) is 6.07 Å². The van der Waals surface area contributed by atoms with E-state index in [0.717, 1.165) is 0 Å². The Kier molecular flexibility index (Phi) is 1.34. The normalized spacial score (nSPS) is 10.0. The summed E-state index contributed by atoms with van der Waals surface area (Å²) >= 11 is 0. The monoisotopic (exact) mass is 160 g/mol. The van der Waals surface area contributed by atoms with E-state index in [-0.39, 0.29) is 5.56 Å². The molecule has 0 saturated carbocycles. The van der Waals surface area contributed by atoms with E-state index in [9.17, 15) is 4.39 Å². The summed E-state index contributed by atoms with van der Waals surface area (Å²) in [4.78, 5) is 2.86. The third-order valence-corrected chi connectivity index (χ3v) is 1.79. The zero-order chi connectivity index (χ0) is 8.55. The fourth-order valence-electron chi connectivity index (χ4n) is 1.18. The number of fused-ring (bicyclic) bond motifs is 1. The number of hydrogen-bond acceptors (Lipinski definition) is 1. The molecule has 2 rings (SSSR count). The molecule has 0 radical (unpaired) electrons. The lowest BCUT2D eigenvalue weighted by molar-refractivity contribution is 0.636. The van der Waals surface area contributed by atoms with Gasteiger partial charge in [-0.2, -0.15) is 5.26 Å². The van der Waals surface area contributed by atoms with Gasteiger partial charge < -0.3 is 4.98 Å². The molecule has 0 unspecified atom stereocenters. The molecule has 0 amide bonds. The summed E-state index contributed by atoms with van der Waals surface area (Å²) in [6, 6.07) is 6.56. The van der Waals surface area contributed by atoms with Crippen LogP contribution in [0.5, 0.6) is 0 Å². The largest absolute Gasteiger partial charge is 0.361 e. The molecule has 1 heterocycles. The van der Waals surface area contributed by atoms with Crippen molar-refractivity contribution in [2.24, 2.45) is 0 Å². The lowest BCUT2D eigenvalue weighted by Gasteiger charge is -1.93. The molecule has 0 aliphatic heterocycles. The first-order valence-electron chi connectivity index (χ1n) is 3.48. The Hall–Kier alpha value is -1.82. The van der Waals surface area contributed by atoms with Crippen molar-refractivity contribution >= 4 is 10.9 Å². The summed E-state index contributed by atoms with van der Waals surface area (Å²) < 4.78 is 13.3.